The number of carbonyl (C=O) groups excluding carboxylic acids is 1. The second kappa shape index (κ2) is 8.26. The van der Waals surface area contributed by atoms with E-state index in [0.29, 0.717) is 31.9 Å². The van der Waals surface area contributed by atoms with Gasteiger partial charge in [0.05, 0.1) is 11.1 Å². The average Bonchev–Trinajstić information content (AvgIpc) is 3.37. The summed E-state index contributed by atoms with van der Waals surface area (Å²) in [4.78, 5) is 19.7. The molecule has 1 aliphatic carbocycles. The Hall–Kier alpha value is -2.22. The summed E-state index contributed by atoms with van der Waals surface area (Å²) in [6.45, 7) is 5.79. The molecule has 0 aromatic carbocycles. The van der Waals surface area contributed by atoms with E-state index >= 15 is 0 Å². The molecule has 2 aromatic heterocycles. The maximum Gasteiger partial charge on any atom is 0.229 e. The van der Waals surface area contributed by atoms with Gasteiger partial charge in [-0.05, 0) is 52.4 Å². The molecule has 0 N–H and O–H groups in total. The number of methoxy groups -OCH3 is 1. The lowest BCUT2D eigenvalue weighted by molar-refractivity contribution is -0.133. The van der Waals surface area contributed by atoms with Gasteiger partial charge in [0.1, 0.15) is 5.76 Å². The minimum absolute atomic E-state index is 0.150. The Morgan fingerprint density at radius 1 is 1.28 bits per heavy atom. The van der Waals surface area contributed by atoms with Gasteiger partial charge in [-0.25, -0.2) is 0 Å². The second-order valence-corrected chi connectivity index (χ2v) is 8.48. The first-order valence-electron chi connectivity index (χ1n) is 10.5. The largest absolute Gasteiger partial charge is 0.385 e. The Labute approximate surface area is 171 Å². The highest BCUT2D eigenvalue weighted by molar-refractivity contribution is 5.76. The minimum Gasteiger partial charge on any atom is -0.385 e. The summed E-state index contributed by atoms with van der Waals surface area (Å²) in [7, 11) is 1.70. The standard InChI is InChI=1S/C21H30N4O4/c1-14-17(15(2)28-23-14)7-8-18(26)25-11-4-9-21(13-25,10-12-27-3)20-22-19(29-24-20)16-5-6-16/h16H,4-13H2,1-3H3. The molecule has 4 rings (SSSR count). The van der Waals surface area contributed by atoms with Crippen LogP contribution in [0.5, 0.6) is 0 Å². The van der Waals surface area contributed by atoms with Crippen LogP contribution in [-0.4, -0.2) is 52.9 Å². The summed E-state index contributed by atoms with van der Waals surface area (Å²) >= 11 is 0. The van der Waals surface area contributed by atoms with Crippen LogP contribution in [0.15, 0.2) is 9.05 Å². The van der Waals surface area contributed by atoms with Crippen molar-refractivity contribution >= 4 is 5.91 Å². The molecule has 2 aromatic rings. The molecule has 0 spiro atoms. The predicted octanol–water partition coefficient (Wildman–Crippen LogP) is 3.08. The van der Waals surface area contributed by atoms with Gasteiger partial charge >= 0.3 is 0 Å². The van der Waals surface area contributed by atoms with E-state index in [1.807, 2.05) is 18.7 Å². The number of likely N-dealkylation sites (tertiary alicyclic amines) is 1. The molecule has 8 heteroatoms. The van der Waals surface area contributed by atoms with Gasteiger partial charge in [0.15, 0.2) is 5.82 Å². The van der Waals surface area contributed by atoms with Crippen LogP contribution in [0.1, 0.15) is 73.2 Å². The van der Waals surface area contributed by atoms with E-state index in [-0.39, 0.29) is 11.3 Å². The molecule has 8 nitrogen and oxygen atoms in total. The van der Waals surface area contributed by atoms with Crippen molar-refractivity contribution in [3.63, 3.8) is 0 Å². The molecule has 0 bridgehead atoms. The van der Waals surface area contributed by atoms with E-state index < -0.39 is 0 Å². The normalized spacial score (nSPS) is 22.2. The average molecular weight is 402 g/mol. The van der Waals surface area contributed by atoms with Gasteiger partial charge in [-0.15, -0.1) is 0 Å². The molecule has 1 saturated carbocycles. The van der Waals surface area contributed by atoms with Crippen LogP contribution in [0.4, 0.5) is 0 Å². The third-order valence-electron chi connectivity index (χ3n) is 6.33. The van der Waals surface area contributed by atoms with E-state index in [9.17, 15) is 4.79 Å². The molecule has 2 fully saturated rings. The zero-order chi connectivity index (χ0) is 20.4. The maximum absolute atomic E-state index is 13.0. The molecule has 3 heterocycles. The molecule has 29 heavy (non-hydrogen) atoms. The Bertz CT molecular complexity index is 837. The highest BCUT2D eigenvalue weighted by Gasteiger charge is 2.43. The zero-order valence-corrected chi connectivity index (χ0v) is 17.6. The Kier molecular flexibility index (Phi) is 5.72. The smallest absolute Gasteiger partial charge is 0.229 e. The van der Waals surface area contributed by atoms with Crippen molar-refractivity contribution in [2.75, 3.05) is 26.8 Å². The van der Waals surface area contributed by atoms with Crippen molar-refractivity contribution in [2.24, 2.45) is 0 Å². The van der Waals surface area contributed by atoms with Gasteiger partial charge in [0.25, 0.3) is 0 Å². The molecule has 1 saturated heterocycles. The topological polar surface area (TPSA) is 94.5 Å². The van der Waals surface area contributed by atoms with Crippen LogP contribution in [0.3, 0.4) is 0 Å². The third kappa shape index (κ3) is 4.22. The number of nitrogens with zero attached hydrogens (tertiary/aromatic N) is 4. The fourth-order valence-corrected chi connectivity index (χ4v) is 4.34. The van der Waals surface area contributed by atoms with Gasteiger partial charge < -0.3 is 18.7 Å². The predicted molar refractivity (Wildman–Crippen MR) is 105 cm³/mol. The number of hydrogen-bond acceptors (Lipinski definition) is 7. The van der Waals surface area contributed by atoms with Crippen LogP contribution in [0.2, 0.25) is 0 Å². The van der Waals surface area contributed by atoms with Crippen molar-refractivity contribution in [2.45, 2.75) is 70.1 Å². The summed E-state index contributed by atoms with van der Waals surface area (Å²) in [6, 6.07) is 0. The lowest BCUT2D eigenvalue weighted by atomic mass is 9.76. The number of amides is 1. The maximum atomic E-state index is 13.0. The van der Waals surface area contributed by atoms with E-state index in [1.165, 1.54) is 0 Å². The monoisotopic (exact) mass is 402 g/mol. The van der Waals surface area contributed by atoms with Crippen LogP contribution >= 0.6 is 0 Å². The van der Waals surface area contributed by atoms with E-state index in [4.69, 9.17) is 18.8 Å². The van der Waals surface area contributed by atoms with Gasteiger partial charge in [-0.2, -0.15) is 4.98 Å². The number of piperidine rings is 1. The lowest BCUT2D eigenvalue weighted by Crippen LogP contribution is -2.49. The van der Waals surface area contributed by atoms with Crippen molar-refractivity contribution in [1.82, 2.24) is 20.2 Å². The summed E-state index contributed by atoms with van der Waals surface area (Å²) < 4.78 is 16.1. The first-order chi connectivity index (χ1) is 14.0. The molecule has 1 unspecified atom stereocenters. The molecule has 158 valence electrons. The summed E-state index contributed by atoms with van der Waals surface area (Å²) in [5, 5.41) is 8.31. The van der Waals surface area contributed by atoms with Crippen molar-refractivity contribution in [1.29, 1.82) is 0 Å². The second-order valence-electron chi connectivity index (χ2n) is 8.48. The Morgan fingerprint density at radius 2 is 2.10 bits per heavy atom. The molecule has 1 atom stereocenters. The number of carbonyl (C=O) groups is 1. The van der Waals surface area contributed by atoms with Crippen molar-refractivity contribution < 1.29 is 18.6 Å². The summed E-state index contributed by atoms with van der Waals surface area (Å²) in [5.74, 6) is 2.85. The number of ether oxygens (including phenoxy) is 1. The Balaban J connectivity index is 1.47. The number of aromatic nitrogens is 3. The summed E-state index contributed by atoms with van der Waals surface area (Å²) in [5.41, 5.74) is 1.60. The molecule has 1 aliphatic heterocycles. The quantitative estimate of drug-likeness (QED) is 0.669. The SMILES string of the molecule is COCCC1(c2noc(C3CC3)n2)CCCN(C(=O)CCc2c(C)noc2C)C1. The van der Waals surface area contributed by atoms with Gasteiger partial charge in [-0.3, -0.25) is 4.79 Å². The van der Waals surface area contributed by atoms with Crippen molar-refractivity contribution in [3.05, 3.63) is 28.7 Å². The minimum atomic E-state index is -0.302. The third-order valence-corrected chi connectivity index (χ3v) is 6.33. The molecular weight excluding hydrogens is 372 g/mol. The van der Waals surface area contributed by atoms with E-state index in [1.54, 1.807) is 7.11 Å². The van der Waals surface area contributed by atoms with Crippen LogP contribution in [-0.2, 0) is 21.4 Å². The number of aryl methyl sites for hydroxylation is 2. The first-order valence-corrected chi connectivity index (χ1v) is 10.5. The number of hydrogen-bond donors (Lipinski definition) is 0. The van der Waals surface area contributed by atoms with Gasteiger partial charge in [0, 0.05) is 44.7 Å². The van der Waals surface area contributed by atoms with Gasteiger partial charge in [0.2, 0.25) is 11.8 Å². The molecule has 0 radical (unpaired) electrons. The molecule has 2 aliphatic rings. The Morgan fingerprint density at radius 3 is 2.79 bits per heavy atom. The zero-order valence-electron chi connectivity index (χ0n) is 17.6. The van der Waals surface area contributed by atoms with Crippen LogP contribution < -0.4 is 0 Å². The highest BCUT2D eigenvalue weighted by atomic mass is 16.5. The fourth-order valence-electron chi connectivity index (χ4n) is 4.34. The van der Waals surface area contributed by atoms with Crippen LogP contribution in [0, 0.1) is 13.8 Å². The number of rotatable bonds is 8. The fraction of sp³-hybridized carbons (Fsp3) is 0.714. The molecule has 1 amide bonds. The van der Waals surface area contributed by atoms with Gasteiger partial charge in [-0.1, -0.05) is 10.3 Å². The van der Waals surface area contributed by atoms with E-state index in [0.717, 1.165) is 67.4 Å². The molecular formula is C21H30N4O4. The van der Waals surface area contributed by atoms with E-state index in [2.05, 4.69) is 10.3 Å². The summed E-state index contributed by atoms with van der Waals surface area (Å²) in [6.07, 6.45) is 5.99. The highest BCUT2D eigenvalue weighted by Crippen LogP contribution is 2.41. The van der Waals surface area contributed by atoms with Crippen LogP contribution in [0.25, 0.3) is 0 Å². The van der Waals surface area contributed by atoms with Crippen molar-refractivity contribution in [3.8, 4) is 0 Å². The lowest BCUT2D eigenvalue weighted by Gasteiger charge is -2.41. The first kappa shape index (κ1) is 20.1.